The molecule has 2 N–H and O–H groups in total. The minimum absolute atomic E-state index is 0.198. The van der Waals surface area contributed by atoms with E-state index in [2.05, 4.69) is 16.5 Å². The molecule has 1 saturated carbocycles. The number of rotatable bonds is 4. The fourth-order valence-electron chi connectivity index (χ4n) is 2.54. The second-order valence-corrected chi connectivity index (χ2v) is 5.05. The summed E-state index contributed by atoms with van der Waals surface area (Å²) in [5, 5.41) is 0. The van der Waals surface area contributed by atoms with E-state index in [0.717, 1.165) is 36.1 Å². The summed E-state index contributed by atoms with van der Waals surface area (Å²) < 4.78 is 15.6. The summed E-state index contributed by atoms with van der Waals surface area (Å²) in [6.07, 6.45) is 3.29. The molecule has 0 amide bonds. The topological polar surface area (TPSA) is 43.8 Å². The Hall–Kier alpha value is -1.42. The van der Waals surface area contributed by atoms with Crippen LogP contribution in [0.4, 0.5) is 4.39 Å². The summed E-state index contributed by atoms with van der Waals surface area (Å²) in [6, 6.07) is 5.32. The monoisotopic (exact) mass is 247 g/mol. The van der Waals surface area contributed by atoms with E-state index in [-0.39, 0.29) is 11.7 Å². The SMILES string of the molecule is CCC(CN)c1nc2ccc(F)cc2n1C1CC1. The number of halogens is 1. The third-order valence-corrected chi connectivity index (χ3v) is 3.73. The Labute approximate surface area is 106 Å². The first-order valence-electron chi connectivity index (χ1n) is 6.62. The highest BCUT2D eigenvalue weighted by Gasteiger charge is 2.30. The second kappa shape index (κ2) is 4.35. The summed E-state index contributed by atoms with van der Waals surface area (Å²) in [7, 11) is 0. The molecule has 1 aliphatic rings. The van der Waals surface area contributed by atoms with Gasteiger partial charge in [-0.1, -0.05) is 6.92 Å². The van der Waals surface area contributed by atoms with E-state index in [4.69, 9.17) is 5.73 Å². The Morgan fingerprint density at radius 2 is 2.28 bits per heavy atom. The highest BCUT2D eigenvalue weighted by atomic mass is 19.1. The summed E-state index contributed by atoms with van der Waals surface area (Å²) in [5.41, 5.74) is 7.63. The molecular weight excluding hydrogens is 229 g/mol. The number of nitrogens with zero attached hydrogens (tertiary/aromatic N) is 2. The lowest BCUT2D eigenvalue weighted by atomic mass is 10.1. The molecule has 1 aliphatic carbocycles. The Morgan fingerprint density at radius 1 is 1.50 bits per heavy atom. The van der Waals surface area contributed by atoms with Crippen molar-refractivity contribution < 1.29 is 4.39 Å². The molecule has 1 aromatic carbocycles. The summed E-state index contributed by atoms with van der Waals surface area (Å²) in [6.45, 7) is 2.71. The fourth-order valence-corrected chi connectivity index (χ4v) is 2.54. The molecule has 0 radical (unpaired) electrons. The van der Waals surface area contributed by atoms with Crippen LogP contribution in [0.2, 0.25) is 0 Å². The van der Waals surface area contributed by atoms with Gasteiger partial charge in [-0.15, -0.1) is 0 Å². The second-order valence-electron chi connectivity index (χ2n) is 5.05. The molecule has 0 bridgehead atoms. The van der Waals surface area contributed by atoms with Crippen LogP contribution in [-0.4, -0.2) is 16.1 Å². The largest absolute Gasteiger partial charge is 0.330 e. The van der Waals surface area contributed by atoms with Crippen LogP contribution in [0.5, 0.6) is 0 Å². The van der Waals surface area contributed by atoms with Crippen LogP contribution < -0.4 is 5.73 Å². The average molecular weight is 247 g/mol. The van der Waals surface area contributed by atoms with Crippen LogP contribution in [0.25, 0.3) is 11.0 Å². The van der Waals surface area contributed by atoms with Crippen molar-refractivity contribution >= 4 is 11.0 Å². The van der Waals surface area contributed by atoms with E-state index in [1.54, 1.807) is 12.1 Å². The van der Waals surface area contributed by atoms with Crippen LogP contribution in [-0.2, 0) is 0 Å². The molecule has 1 aromatic heterocycles. The maximum Gasteiger partial charge on any atom is 0.125 e. The zero-order valence-corrected chi connectivity index (χ0v) is 10.6. The summed E-state index contributed by atoms with van der Waals surface area (Å²) in [5.74, 6) is 1.10. The third-order valence-electron chi connectivity index (χ3n) is 3.73. The molecule has 1 unspecified atom stereocenters. The van der Waals surface area contributed by atoms with Crippen molar-refractivity contribution in [1.29, 1.82) is 0 Å². The quantitative estimate of drug-likeness (QED) is 0.902. The minimum atomic E-state index is -0.198. The molecule has 1 fully saturated rings. The predicted octanol–water partition coefficient (Wildman–Crippen LogP) is 2.96. The first kappa shape index (κ1) is 11.7. The van der Waals surface area contributed by atoms with Gasteiger partial charge in [0.25, 0.3) is 0 Å². The van der Waals surface area contributed by atoms with E-state index in [0.29, 0.717) is 12.6 Å². The van der Waals surface area contributed by atoms with Gasteiger partial charge >= 0.3 is 0 Å². The lowest BCUT2D eigenvalue weighted by molar-refractivity contribution is 0.579. The maximum absolute atomic E-state index is 13.4. The number of hydrogen-bond acceptors (Lipinski definition) is 2. The molecule has 96 valence electrons. The van der Waals surface area contributed by atoms with Crippen molar-refractivity contribution in [3.05, 3.63) is 29.8 Å². The van der Waals surface area contributed by atoms with Gasteiger partial charge in [0.2, 0.25) is 0 Å². The number of nitrogens with two attached hydrogens (primary N) is 1. The standard InChI is InChI=1S/C14H18FN3/c1-2-9(8-16)14-17-12-6-3-10(15)7-13(12)18(14)11-4-5-11/h3,6-7,9,11H,2,4-5,8,16H2,1H3. The zero-order chi connectivity index (χ0) is 12.7. The van der Waals surface area contributed by atoms with E-state index in [1.165, 1.54) is 6.07 Å². The van der Waals surface area contributed by atoms with Gasteiger partial charge in [0.05, 0.1) is 11.0 Å². The van der Waals surface area contributed by atoms with Crippen molar-refractivity contribution in [3.63, 3.8) is 0 Å². The summed E-state index contributed by atoms with van der Waals surface area (Å²) in [4.78, 5) is 4.67. The Balaban J connectivity index is 2.20. The first-order valence-corrected chi connectivity index (χ1v) is 6.62. The average Bonchev–Trinajstić information content (AvgIpc) is 3.13. The smallest absolute Gasteiger partial charge is 0.125 e. The van der Waals surface area contributed by atoms with Crippen molar-refractivity contribution in [2.45, 2.75) is 38.1 Å². The van der Waals surface area contributed by atoms with Gasteiger partial charge in [0.1, 0.15) is 11.6 Å². The summed E-state index contributed by atoms with van der Waals surface area (Å²) >= 11 is 0. The highest BCUT2D eigenvalue weighted by Crippen LogP contribution is 2.40. The molecular formula is C14H18FN3. The van der Waals surface area contributed by atoms with Gasteiger partial charge in [-0.2, -0.15) is 0 Å². The number of benzene rings is 1. The highest BCUT2D eigenvalue weighted by molar-refractivity contribution is 5.76. The molecule has 0 saturated heterocycles. The molecule has 18 heavy (non-hydrogen) atoms. The molecule has 4 heteroatoms. The van der Waals surface area contributed by atoms with Crippen LogP contribution in [0.3, 0.4) is 0 Å². The van der Waals surface area contributed by atoms with E-state index in [9.17, 15) is 4.39 Å². The number of aromatic nitrogens is 2. The molecule has 1 atom stereocenters. The minimum Gasteiger partial charge on any atom is -0.330 e. The van der Waals surface area contributed by atoms with Gasteiger partial charge in [0, 0.05) is 18.5 Å². The first-order chi connectivity index (χ1) is 8.74. The van der Waals surface area contributed by atoms with E-state index < -0.39 is 0 Å². The maximum atomic E-state index is 13.4. The van der Waals surface area contributed by atoms with Gasteiger partial charge in [-0.3, -0.25) is 0 Å². The molecule has 2 aromatic rings. The van der Waals surface area contributed by atoms with Crippen LogP contribution in [0.15, 0.2) is 18.2 Å². The fraction of sp³-hybridized carbons (Fsp3) is 0.500. The van der Waals surface area contributed by atoms with Crippen molar-refractivity contribution in [3.8, 4) is 0 Å². The number of imidazole rings is 1. The molecule has 1 heterocycles. The Kier molecular flexibility index (Phi) is 2.82. The van der Waals surface area contributed by atoms with Gasteiger partial charge < -0.3 is 10.3 Å². The normalized spacial score (nSPS) is 17.3. The molecule has 3 rings (SSSR count). The van der Waals surface area contributed by atoms with Gasteiger partial charge in [0.15, 0.2) is 0 Å². The lowest BCUT2D eigenvalue weighted by Crippen LogP contribution is -2.16. The zero-order valence-electron chi connectivity index (χ0n) is 10.6. The van der Waals surface area contributed by atoms with E-state index >= 15 is 0 Å². The number of hydrogen-bond donors (Lipinski definition) is 1. The Morgan fingerprint density at radius 3 is 2.89 bits per heavy atom. The molecule has 0 spiro atoms. The molecule has 0 aliphatic heterocycles. The molecule has 3 nitrogen and oxygen atoms in total. The number of fused-ring (bicyclic) bond motifs is 1. The van der Waals surface area contributed by atoms with Gasteiger partial charge in [-0.05, 0) is 37.5 Å². The van der Waals surface area contributed by atoms with Crippen molar-refractivity contribution in [2.24, 2.45) is 5.73 Å². The van der Waals surface area contributed by atoms with Crippen LogP contribution in [0.1, 0.15) is 44.0 Å². The Bertz CT molecular complexity index is 568. The lowest BCUT2D eigenvalue weighted by Gasteiger charge is -2.14. The van der Waals surface area contributed by atoms with Crippen LogP contribution in [0, 0.1) is 5.82 Å². The third kappa shape index (κ3) is 1.81. The van der Waals surface area contributed by atoms with Crippen molar-refractivity contribution in [1.82, 2.24) is 9.55 Å². The van der Waals surface area contributed by atoms with Crippen molar-refractivity contribution in [2.75, 3.05) is 6.54 Å². The van der Waals surface area contributed by atoms with Crippen LogP contribution >= 0.6 is 0 Å². The predicted molar refractivity (Wildman–Crippen MR) is 70.0 cm³/mol. The van der Waals surface area contributed by atoms with Gasteiger partial charge in [-0.25, -0.2) is 9.37 Å². The van der Waals surface area contributed by atoms with E-state index in [1.807, 2.05) is 0 Å².